The fourth-order valence-electron chi connectivity index (χ4n) is 7.94. The largest absolute Gasteiger partial charge is 0.449 e. The van der Waals surface area contributed by atoms with E-state index in [1.807, 2.05) is 52.0 Å². The van der Waals surface area contributed by atoms with Crippen molar-refractivity contribution in [3.8, 4) is 11.1 Å². The van der Waals surface area contributed by atoms with Gasteiger partial charge in [0.25, 0.3) is 0 Å². The Morgan fingerprint density at radius 2 is 1.53 bits per heavy atom. The van der Waals surface area contributed by atoms with Crippen molar-refractivity contribution >= 4 is 24.0 Å². The SMILES string of the molecule is CC(C)(C)OC(=O)N1CCCC1C(=O)NC(CCCNC(=O)OCC1c2ccccc2-c2ccccc21)C(=O)NC1CC(C)(C)N(O)C(C)(C)C1. The second-order valence-electron chi connectivity index (χ2n) is 16.3. The van der Waals surface area contributed by atoms with E-state index in [1.54, 1.807) is 20.8 Å². The Hall–Kier alpha value is -4.16. The molecular formula is C39H55N5O7. The quantitative estimate of drug-likeness (QED) is 0.230. The van der Waals surface area contributed by atoms with E-state index in [-0.39, 0.29) is 37.4 Å². The number of hydroxylamine groups is 2. The second kappa shape index (κ2) is 15.2. The third-order valence-corrected chi connectivity index (χ3v) is 10.1. The molecule has 12 nitrogen and oxygen atoms in total. The normalized spacial score (nSPS) is 20.5. The number of hydrogen-bond acceptors (Lipinski definition) is 8. The van der Waals surface area contributed by atoms with Crippen LogP contribution in [0.3, 0.4) is 0 Å². The summed E-state index contributed by atoms with van der Waals surface area (Å²) in [6, 6.07) is 14.4. The van der Waals surface area contributed by atoms with Gasteiger partial charge in [-0.15, -0.1) is 0 Å². The number of carbonyl (C=O) groups is 4. The van der Waals surface area contributed by atoms with E-state index in [2.05, 4.69) is 40.2 Å². The maximum absolute atomic E-state index is 13.8. The number of nitrogens with one attached hydrogen (secondary N) is 3. The molecule has 2 aromatic carbocycles. The highest BCUT2D eigenvalue weighted by molar-refractivity contribution is 5.91. The number of amides is 4. The fourth-order valence-corrected chi connectivity index (χ4v) is 7.94. The second-order valence-corrected chi connectivity index (χ2v) is 16.3. The number of nitrogens with zero attached hydrogens (tertiary/aromatic N) is 2. The van der Waals surface area contributed by atoms with Crippen LogP contribution < -0.4 is 16.0 Å². The zero-order valence-corrected chi connectivity index (χ0v) is 31.1. The van der Waals surface area contributed by atoms with Crippen molar-refractivity contribution < 1.29 is 33.9 Å². The predicted molar refractivity (Wildman–Crippen MR) is 193 cm³/mol. The maximum atomic E-state index is 13.8. The van der Waals surface area contributed by atoms with Crippen molar-refractivity contribution in [2.45, 2.75) is 128 Å². The summed E-state index contributed by atoms with van der Waals surface area (Å²) in [6.45, 7) is 13.8. The molecule has 3 aliphatic rings. The Morgan fingerprint density at radius 1 is 0.941 bits per heavy atom. The topological polar surface area (TPSA) is 150 Å². The van der Waals surface area contributed by atoms with Gasteiger partial charge >= 0.3 is 12.2 Å². The van der Waals surface area contributed by atoms with Crippen molar-refractivity contribution in [1.82, 2.24) is 25.9 Å². The number of likely N-dealkylation sites (tertiary alicyclic amines) is 1. The van der Waals surface area contributed by atoms with Gasteiger partial charge in [0.05, 0.1) is 0 Å². The molecule has 12 heteroatoms. The summed E-state index contributed by atoms with van der Waals surface area (Å²) >= 11 is 0. The molecule has 2 atom stereocenters. The van der Waals surface area contributed by atoms with Gasteiger partial charge in [0, 0.05) is 36.1 Å². The number of fused-ring (bicyclic) bond motifs is 3. The van der Waals surface area contributed by atoms with Crippen LogP contribution >= 0.6 is 0 Å². The van der Waals surface area contributed by atoms with Gasteiger partial charge < -0.3 is 30.6 Å². The molecule has 2 heterocycles. The lowest BCUT2D eigenvalue weighted by molar-refractivity contribution is -0.246. The lowest BCUT2D eigenvalue weighted by Gasteiger charge is -2.51. The highest BCUT2D eigenvalue weighted by Crippen LogP contribution is 2.44. The van der Waals surface area contributed by atoms with Gasteiger partial charge in [-0.05, 0) is 109 Å². The molecule has 0 spiro atoms. The van der Waals surface area contributed by atoms with Crippen LogP contribution in [-0.2, 0) is 19.1 Å². The van der Waals surface area contributed by atoms with Gasteiger partial charge in [-0.1, -0.05) is 48.5 Å². The molecular weight excluding hydrogens is 650 g/mol. The van der Waals surface area contributed by atoms with Gasteiger partial charge in [0.1, 0.15) is 24.3 Å². The summed E-state index contributed by atoms with van der Waals surface area (Å²) in [5, 5.41) is 20.9. The molecule has 278 valence electrons. The maximum Gasteiger partial charge on any atom is 0.410 e. The van der Waals surface area contributed by atoms with Crippen LogP contribution in [0, 0.1) is 0 Å². The molecule has 51 heavy (non-hydrogen) atoms. The zero-order valence-electron chi connectivity index (χ0n) is 31.1. The molecule has 0 saturated carbocycles. The minimum atomic E-state index is -0.915. The van der Waals surface area contributed by atoms with Crippen molar-refractivity contribution in [3.05, 3.63) is 59.7 Å². The first kappa shape index (κ1) is 38.1. The Balaban J connectivity index is 1.19. The third-order valence-electron chi connectivity index (χ3n) is 10.1. The van der Waals surface area contributed by atoms with E-state index in [9.17, 15) is 24.4 Å². The molecule has 2 saturated heterocycles. The van der Waals surface area contributed by atoms with Gasteiger partial charge in [-0.2, -0.15) is 5.06 Å². The zero-order chi connectivity index (χ0) is 37.1. The molecule has 2 fully saturated rings. The van der Waals surface area contributed by atoms with Crippen LogP contribution in [-0.4, -0.2) is 93.7 Å². The van der Waals surface area contributed by atoms with Gasteiger partial charge in [0.2, 0.25) is 11.8 Å². The molecule has 1 aliphatic carbocycles. The molecule has 0 bridgehead atoms. The molecule has 0 aromatic heterocycles. The Labute approximate surface area is 301 Å². The number of benzene rings is 2. The van der Waals surface area contributed by atoms with Gasteiger partial charge in [-0.25, -0.2) is 9.59 Å². The van der Waals surface area contributed by atoms with Gasteiger partial charge in [-0.3, -0.25) is 14.5 Å². The van der Waals surface area contributed by atoms with Crippen LogP contribution in [0.1, 0.15) is 104 Å². The van der Waals surface area contributed by atoms with E-state index in [1.165, 1.54) is 9.96 Å². The average Bonchev–Trinajstić information content (AvgIpc) is 3.67. The highest BCUT2D eigenvalue weighted by Gasteiger charge is 2.46. The summed E-state index contributed by atoms with van der Waals surface area (Å²) in [5.74, 6) is -0.835. The van der Waals surface area contributed by atoms with E-state index >= 15 is 0 Å². The lowest BCUT2D eigenvalue weighted by atomic mass is 9.79. The molecule has 2 unspecified atom stereocenters. The van der Waals surface area contributed by atoms with Crippen LogP contribution in [0.15, 0.2) is 48.5 Å². The van der Waals surface area contributed by atoms with E-state index in [0.29, 0.717) is 38.6 Å². The van der Waals surface area contributed by atoms with Crippen LogP contribution in [0.25, 0.3) is 11.1 Å². The standard InChI is InChI=1S/C39H55N5O7/c1-37(2,3)51-36(48)43-21-13-19-32(43)34(46)42-31(33(45)41-25-22-38(4,5)44(49)39(6,7)23-25)18-12-20-40-35(47)50-24-30-28-16-10-8-14-26(28)27-15-9-11-17-29(27)30/h8-11,14-17,25,30-32,49H,12-13,18-24H2,1-7H3,(H,40,47)(H,41,45)(H,42,46). The summed E-state index contributed by atoms with van der Waals surface area (Å²) in [6.07, 6.45) is 1.63. The fraction of sp³-hybridized carbons (Fsp3) is 0.590. The van der Waals surface area contributed by atoms with Gasteiger partial charge in [0.15, 0.2) is 0 Å². The minimum absolute atomic E-state index is 0.0603. The number of rotatable bonds is 10. The Bertz CT molecular complexity index is 1540. The van der Waals surface area contributed by atoms with Crippen LogP contribution in [0.4, 0.5) is 9.59 Å². The summed E-state index contributed by atoms with van der Waals surface area (Å²) < 4.78 is 11.2. The summed E-state index contributed by atoms with van der Waals surface area (Å²) in [5.41, 5.74) is 2.67. The van der Waals surface area contributed by atoms with E-state index in [4.69, 9.17) is 9.47 Å². The lowest BCUT2D eigenvalue weighted by Crippen LogP contribution is -2.64. The smallest absolute Gasteiger partial charge is 0.410 e. The highest BCUT2D eigenvalue weighted by atomic mass is 16.6. The third kappa shape index (κ3) is 9.02. The van der Waals surface area contributed by atoms with Crippen LogP contribution in [0.2, 0.25) is 0 Å². The van der Waals surface area contributed by atoms with Crippen molar-refractivity contribution in [2.24, 2.45) is 0 Å². The molecule has 5 rings (SSSR count). The summed E-state index contributed by atoms with van der Waals surface area (Å²) in [7, 11) is 0. The minimum Gasteiger partial charge on any atom is -0.449 e. The van der Waals surface area contributed by atoms with E-state index in [0.717, 1.165) is 22.3 Å². The number of piperidine rings is 1. The first-order valence-corrected chi connectivity index (χ1v) is 18.2. The molecule has 2 aliphatic heterocycles. The molecule has 0 radical (unpaired) electrons. The first-order valence-electron chi connectivity index (χ1n) is 18.2. The van der Waals surface area contributed by atoms with Crippen molar-refractivity contribution in [3.63, 3.8) is 0 Å². The van der Waals surface area contributed by atoms with Crippen molar-refractivity contribution in [1.29, 1.82) is 0 Å². The number of alkyl carbamates (subject to hydrolysis) is 1. The molecule has 4 N–H and O–H groups in total. The molecule has 2 aromatic rings. The molecule has 4 amide bonds. The average molecular weight is 706 g/mol. The van der Waals surface area contributed by atoms with Crippen LogP contribution in [0.5, 0.6) is 0 Å². The predicted octanol–water partition coefficient (Wildman–Crippen LogP) is 5.72. The Morgan fingerprint density at radius 3 is 2.12 bits per heavy atom. The number of carbonyl (C=O) groups excluding carboxylic acids is 4. The number of hydrogen-bond donors (Lipinski definition) is 4. The number of ether oxygens (including phenoxy) is 2. The monoisotopic (exact) mass is 705 g/mol. The Kier molecular flexibility index (Phi) is 11.4. The van der Waals surface area contributed by atoms with E-state index < -0.39 is 46.9 Å². The summed E-state index contributed by atoms with van der Waals surface area (Å²) in [4.78, 5) is 54.6. The van der Waals surface area contributed by atoms with Crippen molar-refractivity contribution in [2.75, 3.05) is 19.7 Å². The first-order chi connectivity index (χ1) is 24.0.